The fourth-order valence-electron chi connectivity index (χ4n) is 2.10. The molecule has 0 aliphatic heterocycles. The number of methoxy groups -OCH3 is 1. The summed E-state index contributed by atoms with van der Waals surface area (Å²) in [7, 11) is 1.63. The molecular weight excluding hydrogens is 282 g/mol. The molecule has 2 aromatic rings. The molecule has 0 radical (unpaired) electrons. The summed E-state index contributed by atoms with van der Waals surface area (Å²) in [5.41, 5.74) is 2.45. The Hall–Kier alpha value is -2.63. The smallest absolute Gasteiger partial charge is 0.309 e. The number of aliphatic imine (C=N–C) groups is 1. The average Bonchev–Trinajstić information content (AvgIpc) is 2.78. The van der Waals surface area contributed by atoms with Crippen molar-refractivity contribution in [2.45, 2.75) is 26.8 Å². The maximum absolute atomic E-state index is 10.7. The molecule has 116 valence electrons. The summed E-state index contributed by atoms with van der Waals surface area (Å²) in [6.45, 7) is 4.15. The van der Waals surface area contributed by atoms with Crippen LogP contribution in [0.15, 0.2) is 35.3 Å². The molecule has 6 nitrogen and oxygen atoms in total. The lowest BCUT2D eigenvalue weighted by Gasteiger charge is -2.06. The Morgan fingerprint density at radius 1 is 1.36 bits per heavy atom. The van der Waals surface area contributed by atoms with Crippen molar-refractivity contribution in [2.75, 3.05) is 7.11 Å². The molecule has 1 N–H and O–H groups in total. The first-order valence-electron chi connectivity index (χ1n) is 6.91. The SMILES string of the molecule is COc1ccc(Cn2nc(C)cc2/N=C(\C)CC(=O)O)cc1. The number of benzene rings is 1. The van der Waals surface area contributed by atoms with Crippen molar-refractivity contribution in [1.82, 2.24) is 9.78 Å². The summed E-state index contributed by atoms with van der Waals surface area (Å²) in [4.78, 5) is 15.1. The Morgan fingerprint density at radius 3 is 2.64 bits per heavy atom. The highest BCUT2D eigenvalue weighted by Crippen LogP contribution is 2.18. The fourth-order valence-corrected chi connectivity index (χ4v) is 2.10. The van der Waals surface area contributed by atoms with Gasteiger partial charge in [0.05, 0.1) is 25.8 Å². The Labute approximate surface area is 129 Å². The van der Waals surface area contributed by atoms with Crippen LogP contribution in [0.3, 0.4) is 0 Å². The van der Waals surface area contributed by atoms with E-state index >= 15 is 0 Å². The Morgan fingerprint density at radius 2 is 2.05 bits per heavy atom. The van der Waals surface area contributed by atoms with Crippen molar-refractivity contribution in [3.05, 3.63) is 41.6 Å². The summed E-state index contributed by atoms with van der Waals surface area (Å²) in [6.07, 6.45) is -0.0766. The van der Waals surface area contributed by atoms with Gasteiger partial charge in [0.2, 0.25) is 0 Å². The summed E-state index contributed by atoms with van der Waals surface area (Å²) in [5, 5.41) is 13.2. The third kappa shape index (κ3) is 4.18. The van der Waals surface area contributed by atoms with E-state index in [1.165, 1.54) is 0 Å². The van der Waals surface area contributed by atoms with Crippen molar-refractivity contribution >= 4 is 17.5 Å². The van der Waals surface area contributed by atoms with E-state index in [1.807, 2.05) is 37.3 Å². The molecule has 0 spiro atoms. The maximum Gasteiger partial charge on any atom is 0.309 e. The monoisotopic (exact) mass is 301 g/mol. The molecule has 0 unspecified atom stereocenters. The predicted molar refractivity (Wildman–Crippen MR) is 84.1 cm³/mol. The van der Waals surface area contributed by atoms with Gasteiger partial charge in [0.15, 0.2) is 5.82 Å². The van der Waals surface area contributed by atoms with Crippen molar-refractivity contribution < 1.29 is 14.6 Å². The van der Waals surface area contributed by atoms with Gasteiger partial charge in [0.25, 0.3) is 0 Å². The van der Waals surface area contributed by atoms with Gasteiger partial charge in [-0.15, -0.1) is 0 Å². The van der Waals surface area contributed by atoms with E-state index in [-0.39, 0.29) is 6.42 Å². The van der Waals surface area contributed by atoms with E-state index in [2.05, 4.69) is 10.1 Å². The molecule has 0 fully saturated rings. The van der Waals surface area contributed by atoms with Crippen LogP contribution in [-0.4, -0.2) is 33.7 Å². The zero-order valence-electron chi connectivity index (χ0n) is 12.9. The summed E-state index contributed by atoms with van der Waals surface area (Å²) in [6, 6.07) is 9.56. The minimum atomic E-state index is -0.890. The molecule has 22 heavy (non-hydrogen) atoms. The Kier molecular flexibility index (Phi) is 4.93. The molecule has 0 aliphatic carbocycles. The lowest BCUT2D eigenvalue weighted by Crippen LogP contribution is -2.05. The second-order valence-corrected chi connectivity index (χ2v) is 5.07. The van der Waals surface area contributed by atoms with Crippen molar-refractivity contribution in [3.8, 4) is 5.75 Å². The second kappa shape index (κ2) is 6.89. The molecule has 0 atom stereocenters. The van der Waals surface area contributed by atoms with Gasteiger partial charge in [-0.2, -0.15) is 5.10 Å². The van der Waals surface area contributed by atoms with E-state index in [0.717, 1.165) is 17.0 Å². The van der Waals surface area contributed by atoms with E-state index in [0.29, 0.717) is 18.1 Å². The number of carbonyl (C=O) groups is 1. The zero-order valence-corrected chi connectivity index (χ0v) is 12.9. The van der Waals surface area contributed by atoms with Crippen LogP contribution in [0.25, 0.3) is 0 Å². The van der Waals surface area contributed by atoms with Gasteiger partial charge in [-0.25, -0.2) is 9.67 Å². The molecule has 2 rings (SSSR count). The van der Waals surface area contributed by atoms with E-state index in [9.17, 15) is 4.79 Å². The van der Waals surface area contributed by atoms with Gasteiger partial charge in [-0.1, -0.05) is 12.1 Å². The summed E-state index contributed by atoms with van der Waals surface area (Å²) < 4.78 is 6.90. The third-order valence-electron chi connectivity index (χ3n) is 3.08. The van der Waals surface area contributed by atoms with Gasteiger partial charge < -0.3 is 9.84 Å². The predicted octanol–water partition coefficient (Wildman–Crippen LogP) is 2.82. The number of aromatic nitrogens is 2. The van der Waals surface area contributed by atoms with Crippen LogP contribution >= 0.6 is 0 Å². The zero-order chi connectivity index (χ0) is 16.1. The summed E-state index contributed by atoms with van der Waals surface area (Å²) >= 11 is 0. The van der Waals surface area contributed by atoms with Crippen LogP contribution in [-0.2, 0) is 11.3 Å². The van der Waals surface area contributed by atoms with Gasteiger partial charge >= 0.3 is 5.97 Å². The summed E-state index contributed by atoms with van der Waals surface area (Å²) in [5.74, 6) is 0.571. The Balaban J connectivity index is 2.22. The van der Waals surface area contributed by atoms with Gasteiger partial charge in [-0.05, 0) is 31.5 Å². The van der Waals surface area contributed by atoms with Crippen LogP contribution < -0.4 is 4.74 Å². The first kappa shape index (κ1) is 15.8. The van der Waals surface area contributed by atoms with Crippen LogP contribution in [0.4, 0.5) is 5.82 Å². The number of nitrogens with zero attached hydrogens (tertiary/aromatic N) is 3. The highest BCUT2D eigenvalue weighted by atomic mass is 16.5. The average molecular weight is 301 g/mol. The highest BCUT2D eigenvalue weighted by Gasteiger charge is 2.07. The molecule has 0 aliphatic rings. The number of carboxylic acids is 1. The number of carboxylic acid groups (broad SMARTS) is 1. The van der Waals surface area contributed by atoms with Crippen LogP contribution in [0.5, 0.6) is 5.75 Å². The van der Waals surface area contributed by atoms with E-state index in [4.69, 9.17) is 9.84 Å². The number of ether oxygens (including phenoxy) is 1. The standard InChI is InChI=1S/C16H19N3O3/c1-11(9-16(20)21)17-15-8-12(2)18-19(15)10-13-4-6-14(22-3)7-5-13/h4-8H,9-10H2,1-3H3,(H,20,21)/b17-11+. The minimum Gasteiger partial charge on any atom is -0.497 e. The lowest BCUT2D eigenvalue weighted by atomic mass is 10.2. The van der Waals surface area contributed by atoms with Crippen molar-refractivity contribution in [2.24, 2.45) is 4.99 Å². The van der Waals surface area contributed by atoms with Gasteiger partial charge in [-0.3, -0.25) is 4.79 Å². The van der Waals surface area contributed by atoms with Gasteiger partial charge in [0.1, 0.15) is 5.75 Å². The molecule has 1 aromatic heterocycles. The number of aryl methyl sites for hydroxylation is 1. The first-order valence-corrected chi connectivity index (χ1v) is 6.91. The minimum absolute atomic E-state index is 0.0766. The number of rotatable bonds is 6. The van der Waals surface area contributed by atoms with Crippen molar-refractivity contribution in [3.63, 3.8) is 0 Å². The third-order valence-corrected chi connectivity index (χ3v) is 3.08. The number of hydrogen-bond donors (Lipinski definition) is 1. The van der Waals surface area contributed by atoms with Crippen molar-refractivity contribution in [1.29, 1.82) is 0 Å². The molecule has 1 aromatic carbocycles. The largest absolute Gasteiger partial charge is 0.497 e. The molecule has 0 amide bonds. The topological polar surface area (TPSA) is 76.7 Å². The second-order valence-electron chi connectivity index (χ2n) is 5.07. The van der Waals surface area contributed by atoms with Crippen LogP contribution in [0.2, 0.25) is 0 Å². The molecule has 0 saturated heterocycles. The number of aliphatic carboxylic acids is 1. The normalized spacial score (nSPS) is 11.5. The van der Waals surface area contributed by atoms with Crippen LogP contribution in [0, 0.1) is 6.92 Å². The molecular formula is C16H19N3O3. The van der Waals surface area contributed by atoms with Gasteiger partial charge in [0, 0.05) is 11.8 Å². The fraction of sp³-hybridized carbons (Fsp3) is 0.312. The van der Waals surface area contributed by atoms with E-state index in [1.54, 1.807) is 18.7 Å². The number of hydrogen-bond acceptors (Lipinski definition) is 4. The molecule has 6 heteroatoms. The Bertz CT molecular complexity index is 687. The molecule has 1 heterocycles. The molecule has 0 bridgehead atoms. The van der Waals surface area contributed by atoms with Crippen LogP contribution in [0.1, 0.15) is 24.6 Å². The van der Waals surface area contributed by atoms with E-state index < -0.39 is 5.97 Å². The molecule has 0 saturated carbocycles. The maximum atomic E-state index is 10.7. The first-order chi connectivity index (χ1) is 10.5. The quantitative estimate of drug-likeness (QED) is 0.832. The highest BCUT2D eigenvalue weighted by molar-refractivity contribution is 5.97. The lowest BCUT2D eigenvalue weighted by molar-refractivity contribution is -0.135.